The van der Waals surface area contributed by atoms with Gasteiger partial charge < -0.3 is 19.6 Å². The molecule has 2 N–H and O–H groups in total. The molecule has 0 aliphatic carbocycles. The molecule has 0 saturated carbocycles. The van der Waals surface area contributed by atoms with Gasteiger partial charge in [0.05, 0.1) is 18.3 Å². The van der Waals surface area contributed by atoms with Crippen LogP contribution in [-0.2, 0) is 16.0 Å². The van der Waals surface area contributed by atoms with Crippen LogP contribution in [0.15, 0.2) is 22.8 Å². The van der Waals surface area contributed by atoms with Gasteiger partial charge >= 0.3 is 0 Å². The van der Waals surface area contributed by atoms with E-state index in [-0.39, 0.29) is 18.9 Å². The van der Waals surface area contributed by atoms with E-state index in [0.29, 0.717) is 26.1 Å². The van der Waals surface area contributed by atoms with Crippen LogP contribution in [0.25, 0.3) is 11.0 Å². The van der Waals surface area contributed by atoms with Crippen molar-refractivity contribution in [2.24, 2.45) is 0 Å². The number of furan rings is 1. The molecule has 1 aliphatic rings. The Hall–Kier alpha value is -1.85. The van der Waals surface area contributed by atoms with Crippen molar-refractivity contribution < 1.29 is 19.1 Å². The van der Waals surface area contributed by atoms with Crippen molar-refractivity contribution in [3.63, 3.8) is 0 Å². The van der Waals surface area contributed by atoms with E-state index < -0.39 is 5.60 Å². The second kappa shape index (κ2) is 6.34. The van der Waals surface area contributed by atoms with E-state index in [0.717, 1.165) is 22.1 Å². The number of fused-ring (bicyclic) bond motifs is 1. The first-order valence-corrected chi connectivity index (χ1v) is 8.02. The molecule has 23 heavy (non-hydrogen) atoms. The highest BCUT2D eigenvalue weighted by atomic mass is 16.5. The molecule has 1 saturated heterocycles. The maximum Gasteiger partial charge on any atom is 0.224 e. The number of amides is 1. The molecule has 5 nitrogen and oxygen atoms in total. The average Bonchev–Trinajstić information content (AvgIpc) is 2.93. The van der Waals surface area contributed by atoms with Crippen molar-refractivity contribution in [1.82, 2.24) is 5.32 Å². The third-order valence-corrected chi connectivity index (χ3v) is 4.73. The lowest BCUT2D eigenvalue weighted by molar-refractivity contribution is -0.123. The fraction of sp³-hybridized carbons (Fsp3) is 0.500. The number of aryl methyl sites for hydroxylation is 2. The average molecular weight is 317 g/mol. The van der Waals surface area contributed by atoms with Gasteiger partial charge in [-0.15, -0.1) is 0 Å². The highest BCUT2D eigenvalue weighted by molar-refractivity contribution is 5.89. The Morgan fingerprint density at radius 3 is 2.78 bits per heavy atom. The highest BCUT2D eigenvalue weighted by Crippen LogP contribution is 2.27. The molecule has 1 aliphatic heterocycles. The van der Waals surface area contributed by atoms with Gasteiger partial charge in [0.2, 0.25) is 5.91 Å². The van der Waals surface area contributed by atoms with Crippen LogP contribution in [0.4, 0.5) is 0 Å². The van der Waals surface area contributed by atoms with Gasteiger partial charge in [-0.3, -0.25) is 4.79 Å². The Labute approximate surface area is 135 Å². The van der Waals surface area contributed by atoms with Crippen LogP contribution in [0.1, 0.15) is 29.5 Å². The van der Waals surface area contributed by atoms with Gasteiger partial charge in [0.1, 0.15) is 5.58 Å². The van der Waals surface area contributed by atoms with Crippen molar-refractivity contribution >= 4 is 16.9 Å². The van der Waals surface area contributed by atoms with Gasteiger partial charge in [0.25, 0.3) is 0 Å². The lowest BCUT2D eigenvalue weighted by Gasteiger charge is -2.32. The summed E-state index contributed by atoms with van der Waals surface area (Å²) in [5.41, 5.74) is 3.14. The second-order valence-electron chi connectivity index (χ2n) is 6.44. The Bertz CT molecular complexity index is 713. The third kappa shape index (κ3) is 3.41. The molecule has 5 heteroatoms. The zero-order valence-corrected chi connectivity index (χ0v) is 13.6. The van der Waals surface area contributed by atoms with E-state index in [1.807, 2.05) is 26.0 Å². The quantitative estimate of drug-likeness (QED) is 0.907. The zero-order chi connectivity index (χ0) is 16.4. The van der Waals surface area contributed by atoms with Crippen LogP contribution in [0.2, 0.25) is 0 Å². The van der Waals surface area contributed by atoms with Crippen molar-refractivity contribution in [3.8, 4) is 0 Å². The lowest BCUT2D eigenvalue weighted by Crippen LogP contribution is -2.46. The Morgan fingerprint density at radius 1 is 1.30 bits per heavy atom. The van der Waals surface area contributed by atoms with Gasteiger partial charge in [-0.2, -0.15) is 0 Å². The number of ether oxygens (including phenoxy) is 1. The second-order valence-corrected chi connectivity index (χ2v) is 6.44. The van der Waals surface area contributed by atoms with Crippen LogP contribution in [0.3, 0.4) is 0 Å². The summed E-state index contributed by atoms with van der Waals surface area (Å²) in [4.78, 5) is 12.2. The van der Waals surface area contributed by atoms with Crippen molar-refractivity contribution in [2.75, 3.05) is 19.8 Å². The number of hydrogen-bond donors (Lipinski definition) is 2. The van der Waals surface area contributed by atoms with Gasteiger partial charge in [0, 0.05) is 43.5 Å². The van der Waals surface area contributed by atoms with E-state index in [4.69, 9.17) is 9.15 Å². The molecule has 2 aromatic rings. The van der Waals surface area contributed by atoms with Crippen LogP contribution in [0.5, 0.6) is 0 Å². The molecule has 0 spiro atoms. The largest absolute Gasteiger partial charge is 0.464 e. The van der Waals surface area contributed by atoms with E-state index in [9.17, 15) is 9.90 Å². The first-order chi connectivity index (χ1) is 11.0. The molecular weight excluding hydrogens is 294 g/mol. The predicted octanol–water partition coefficient (Wildman–Crippen LogP) is 2.25. The summed E-state index contributed by atoms with van der Waals surface area (Å²) in [6.45, 7) is 5.40. The number of rotatable bonds is 4. The molecule has 1 fully saturated rings. The number of carbonyl (C=O) groups excluding carboxylic acids is 1. The minimum atomic E-state index is -0.847. The normalized spacial score (nSPS) is 17.3. The molecule has 1 amide bonds. The number of nitrogens with one attached hydrogen (secondary N) is 1. The summed E-state index contributed by atoms with van der Waals surface area (Å²) in [5.74, 6) is -0.106. The van der Waals surface area contributed by atoms with Gasteiger partial charge in [-0.25, -0.2) is 0 Å². The standard InChI is InChI=1S/C18H23NO4/c1-12-3-4-15-14(10-23-17(15)13(12)2)9-16(20)19-11-18(21)5-7-22-8-6-18/h3-4,10,21H,5-9,11H2,1-2H3,(H,19,20). The first kappa shape index (κ1) is 16.0. The van der Waals surface area contributed by atoms with Crippen LogP contribution in [-0.4, -0.2) is 36.4 Å². The molecule has 1 aromatic carbocycles. The summed E-state index contributed by atoms with van der Waals surface area (Å²) < 4.78 is 10.9. The fourth-order valence-electron chi connectivity index (χ4n) is 2.95. The van der Waals surface area contributed by atoms with E-state index in [2.05, 4.69) is 5.32 Å². The SMILES string of the molecule is Cc1ccc2c(CC(=O)NCC3(O)CCOCC3)coc2c1C. The number of benzene rings is 1. The van der Waals surface area contributed by atoms with Crippen LogP contribution >= 0.6 is 0 Å². The van der Waals surface area contributed by atoms with Gasteiger partial charge in [-0.1, -0.05) is 12.1 Å². The highest BCUT2D eigenvalue weighted by Gasteiger charge is 2.30. The number of aliphatic hydroxyl groups is 1. The summed E-state index contributed by atoms with van der Waals surface area (Å²) in [6.07, 6.45) is 3.02. The van der Waals surface area contributed by atoms with Gasteiger partial charge in [0.15, 0.2) is 0 Å². The first-order valence-electron chi connectivity index (χ1n) is 8.02. The Kier molecular flexibility index (Phi) is 4.41. The maximum absolute atomic E-state index is 12.2. The molecule has 0 radical (unpaired) electrons. The minimum Gasteiger partial charge on any atom is -0.464 e. The molecule has 0 atom stereocenters. The summed E-state index contributed by atoms with van der Waals surface area (Å²) in [5, 5.41) is 14.2. The lowest BCUT2D eigenvalue weighted by atomic mass is 9.94. The minimum absolute atomic E-state index is 0.106. The summed E-state index contributed by atoms with van der Waals surface area (Å²) in [7, 11) is 0. The molecule has 1 aromatic heterocycles. The maximum atomic E-state index is 12.2. The fourth-order valence-corrected chi connectivity index (χ4v) is 2.95. The molecule has 0 unspecified atom stereocenters. The number of carbonyl (C=O) groups is 1. The molecule has 124 valence electrons. The van der Waals surface area contributed by atoms with E-state index in [1.165, 1.54) is 5.56 Å². The predicted molar refractivity (Wildman–Crippen MR) is 87.4 cm³/mol. The summed E-state index contributed by atoms with van der Waals surface area (Å²) >= 11 is 0. The monoisotopic (exact) mass is 317 g/mol. The smallest absolute Gasteiger partial charge is 0.224 e. The molecule has 3 rings (SSSR count). The number of hydrogen-bond acceptors (Lipinski definition) is 4. The molecule has 0 bridgehead atoms. The molecular formula is C18H23NO4. The van der Waals surface area contributed by atoms with Crippen LogP contribution in [0, 0.1) is 13.8 Å². The van der Waals surface area contributed by atoms with E-state index >= 15 is 0 Å². The van der Waals surface area contributed by atoms with Gasteiger partial charge in [-0.05, 0) is 25.0 Å². The van der Waals surface area contributed by atoms with Crippen molar-refractivity contribution in [3.05, 3.63) is 35.1 Å². The van der Waals surface area contributed by atoms with Crippen molar-refractivity contribution in [2.45, 2.75) is 38.7 Å². The topological polar surface area (TPSA) is 71.7 Å². The van der Waals surface area contributed by atoms with Crippen LogP contribution < -0.4 is 5.32 Å². The Balaban J connectivity index is 1.65. The third-order valence-electron chi connectivity index (χ3n) is 4.73. The van der Waals surface area contributed by atoms with Crippen molar-refractivity contribution in [1.29, 1.82) is 0 Å². The zero-order valence-electron chi connectivity index (χ0n) is 13.6. The molecule has 2 heterocycles. The van der Waals surface area contributed by atoms with E-state index in [1.54, 1.807) is 6.26 Å². The summed E-state index contributed by atoms with van der Waals surface area (Å²) in [6, 6.07) is 4.04. The Morgan fingerprint density at radius 2 is 2.04 bits per heavy atom.